The number of likely N-dealkylation sites (N-methyl/N-ethyl adjacent to an activating group) is 1. The van der Waals surface area contributed by atoms with E-state index in [0.717, 1.165) is 36.8 Å². The van der Waals surface area contributed by atoms with Crippen LogP contribution in [0.25, 0.3) is 10.9 Å². The van der Waals surface area contributed by atoms with E-state index in [1.807, 2.05) is 25.1 Å². The number of halogens is 1. The van der Waals surface area contributed by atoms with E-state index < -0.39 is 0 Å². The van der Waals surface area contributed by atoms with Gasteiger partial charge in [-0.1, -0.05) is 6.92 Å². The number of H-pyrrole nitrogens is 1. The molecule has 0 radical (unpaired) electrons. The molecule has 0 bridgehead atoms. The smallest absolute Gasteiger partial charge is 0.317 e. The minimum Gasteiger partial charge on any atom is -0.361 e. The fraction of sp³-hybridized carbons (Fsp3) is 0.550. The average molecular weight is 360 g/mol. The van der Waals surface area contributed by atoms with E-state index in [1.165, 1.54) is 11.6 Å². The lowest BCUT2D eigenvalue weighted by atomic mass is 10.1. The molecule has 2 aromatic rings. The quantitative estimate of drug-likeness (QED) is 0.675. The predicted molar refractivity (Wildman–Crippen MR) is 103 cm³/mol. The molecule has 1 aromatic carbocycles. The summed E-state index contributed by atoms with van der Waals surface area (Å²) >= 11 is 0. The van der Waals surface area contributed by atoms with Crippen LogP contribution in [0.1, 0.15) is 38.2 Å². The second kappa shape index (κ2) is 8.08. The molecule has 0 spiro atoms. The molecule has 5 nitrogen and oxygen atoms in total. The van der Waals surface area contributed by atoms with Crippen LogP contribution in [0.2, 0.25) is 0 Å². The van der Waals surface area contributed by atoms with Gasteiger partial charge in [0.25, 0.3) is 0 Å². The van der Waals surface area contributed by atoms with Crippen LogP contribution in [0, 0.1) is 11.7 Å². The Labute approximate surface area is 154 Å². The van der Waals surface area contributed by atoms with Gasteiger partial charge in [0.15, 0.2) is 0 Å². The number of aromatic nitrogens is 1. The van der Waals surface area contributed by atoms with Crippen molar-refractivity contribution in [2.45, 2.75) is 38.6 Å². The summed E-state index contributed by atoms with van der Waals surface area (Å²) in [5.74, 6) is 0.631. The molecule has 3 rings (SSSR count). The Bertz CT molecular complexity index is 759. The van der Waals surface area contributed by atoms with Gasteiger partial charge in [0.05, 0.1) is 0 Å². The van der Waals surface area contributed by atoms with Crippen molar-refractivity contribution in [2.75, 3.05) is 26.7 Å². The van der Waals surface area contributed by atoms with Gasteiger partial charge in [0, 0.05) is 42.8 Å². The standard InChI is InChI=1S/C20H29FN4O/c1-4-7-25(20(26)24-10-13(2)22-3)12-14-8-16(14)18-11-23-19-6-5-15(21)9-17(18)19/h5-6,9,11,13-14,16,22-23H,4,7-8,10,12H2,1-3H3,(H,24,26)/t13?,14-,16+/m0/s1. The van der Waals surface area contributed by atoms with E-state index in [1.54, 1.807) is 12.1 Å². The van der Waals surface area contributed by atoms with Crippen molar-refractivity contribution < 1.29 is 9.18 Å². The number of hydrogen-bond acceptors (Lipinski definition) is 2. The molecule has 0 aliphatic heterocycles. The van der Waals surface area contributed by atoms with E-state index in [9.17, 15) is 9.18 Å². The lowest BCUT2D eigenvalue weighted by molar-refractivity contribution is 0.194. The topological polar surface area (TPSA) is 60.2 Å². The molecule has 2 amide bonds. The third kappa shape index (κ3) is 4.18. The lowest BCUT2D eigenvalue weighted by Gasteiger charge is -2.24. The SMILES string of the molecule is CCCN(C[C@@H]1C[C@H]1c1c[nH]c2ccc(F)cc12)C(=O)NCC(C)NC. The minimum atomic E-state index is -0.207. The first kappa shape index (κ1) is 18.7. The highest BCUT2D eigenvalue weighted by molar-refractivity contribution is 5.84. The second-order valence-corrected chi connectivity index (χ2v) is 7.36. The van der Waals surface area contributed by atoms with Crippen molar-refractivity contribution in [1.29, 1.82) is 0 Å². The number of rotatable bonds is 8. The van der Waals surface area contributed by atoms with E-state index in [2.05, 4.69) is 22.5 Å². The van der Waals surface area contributed by atoms with Gasteiger partial charge in [-0.3, -0.25) is 0 Å². The molecule has 6 heteroatoms. The number of amides is 2. The highest BCUT2D eigenvalue weighted by atomic mass is 19.1. The Morgan fingerprint density at radius 2 is 2.27 bits per heavy atom. The first-order valence-electron chi connectivity index (χ1n) is 9.50. The van der Waals surface area contributed by atoms with Crippen LogP contribution in [0.4, 0.5) is 9.18 Å². The van der Waals surface area contributed by atoms with Crippen LogP contribution in [0.15, 0.2) is 24.4 Å². The van der Waals surface area contributed by atoms with Crippen LogP contribution >= 0.6 is 0 Å². The number of fused-ring (bicyclic) bond motifs is 1. The number of benzene rings is 1. The van der Waals surface area contributed by atoms with Gasteiger partial charge >= 0.3 is 6.03 Å². The fourth-order valence-electron chi connectivity index (χ4n) is 3.53. The molecule has 0 saturated heterocycles. The average Bonchev–Trinajstić information content (AvgIpc) is 3.27. The summed E-state index contributed by atoms with van der Waals surface area (Å²) in [5.41, 5.74) is 2.14. The molecule has 1 unspecified atom stereocenters. The largest absolute Gasteiger partial charge is 0.361 e. The van der Waals surface area contributed by atoms with Gasteiger partial charge in [-0.2, -0.15) is 0 Å². The number of nitrogens with one attached hydrogen (secondary N) is 3. The van der Waals surface area contributed by atoms with Crippen molar-refractivity contribution in [2.24, 2.45) is 5.92 Å². The molecule has 26 heavy (non-hydrogen) atoms. The molecule has 1 aromatic heterocycles. The summed E-state index contributed by atoms with van der Waals surface area (Å²) in [7, 11) is 1.89. The van der Waals surface area contributed by atoms with Crippen LogP contribution in [-0.2, 0) is 0 Å². The number of aromatic amines is 1. The van der Waals surface area contributed by atoms with Crippen molar-refractivity contribution in [3.05, 3.63) is 35.8 Å². The van der Waals surface area contributed by atoms with Gasteiger partial charge < -0.3 is 20.5 Å². The Morgan fingerprint density at radius 1 is 1.46 bits per heavy atom. The first-order chi connectivity index (χ1) is 12.5. The molecule has 1 aliphatic carbocycles. The summed E-state index contributed by atoms with van der Waals surface area (Å²) in [6.07, 6.45) is 3.97. The Hall–Kier alpha value is -2.08. The van der Waals surface area contributed by atoms with Gasteiger partial charge in [-0.15, -0.1) is 0 Å². The van der Waals surface area contributed by atoms with Crippen molar-refractivity contribution >= 4 is 16.9 Å². The monoisotopic (exact) mass is 360 g/mol. The Morgan fingerprint density at radius 3 is 3.00 bits per heavy atom. The van der Waals surface area contributed by atoms with E-state index >= 15 is 0 Å². The van der Waals surface area contributed by atoms with Crippen LogP contribution in [0.3, 0.4) is 0 Å². The van der Waals surface area contributed by atoms with Gasteiger partial charge in [-0.25, -0.2) is 9.18 Å². The number of urea groups is 1. The number of carbonyl (C=O) groups excluding carboxylic acids is 1. The normalized spacial score (nSPS) is 20.2. The zero-order chi connectivity index (χ0) is 18.7. The van der Waals surface area contributed by atoms with Crippen molar-refractivity contribution in [1.82, 2.24) is 20.5 Å². The maximum Gasteiger partial charge on any atom is 0.317 e. The molecular formula is C20H29FN4O. The molecule has 142 valence electrons. The third-order valence-corrected chi connectivity index (χ3v) is 5.29. The zero-order valence-corrected chi connectivity index (χ0v) is 15.8. The summed E-state index contributed by atoms with van der Waals surface area (Å²) in [4.78, 5) is 17.6. The minimum absolute atomic E-state index is 0.00423. The third-order valence-electron chi connectivity index (χ3n) is 5.29. The van der Waals surface area contributed by atoms with E-state index in [4.69, 9.17) is 0 Å². The summed E-state index contributed by atoms with van der Waals surface area (Å²) < 4.78 is 13.6. The van der Waals surface area contributed by atoms with E-state index in [-0.39, 0.29) is 17.9 Å². The summed E-state index contributed by atoms with van der Waals surface area (Å²) in [5, 5.41) is 7.10. The molecule has 3 N–H and O–H groups in total. The van der Waals surface area contributed by atoms with E-state index in [0.29, 0.717) is 18.4 Å². The van der Waals surface area contributed by atoms with Crippen LogP contribution < -0.4 is 10.6 Å². The molecule has 1 saturated carbocycles. The molecular weight excluding hydrogens is 331 g/mol. The van der Waals surface area contributed by atoms with Gasteiger partial charge in [-0.05, 0) is 62.4 Å². The van der Waals surface area contributed by atoms with Gasteiger partial charge in [0.2, 0.25) is 0 Å². The Kier molecular flexibility index (Phi) is 5.81. The molecule has 1 aliphatic rings. The molecule has 1 heterocycles. The first-order valence-corrected chi connectivity index (χ1v) is 9.50. The zero-order valence-electron chi connectivity index (χ0n) is 15.8. The summed E-state index contributed by atoms with van der Waals surface area (Å²) in [6, 6.07) is 5.12. The fourth-order valence-corrected chi connectivity index (χ4v) is 3.53. The van der Waals surface area contributed by atoms with Crippen LogP contribution in [0.5, 0.6) is 0 Å². The van der Waals surface area contributed by atoms with Gasteiger partial charge in [0.1, 0.15) is 5.82 Å². The number of nitrogens with zero attached hydrogens (tertiary/aromatic N) is 1. The Balaban J connectivity index is 1.62. The number of carbonyl (C=O) groups is 1. The molecule has 3 atom stereocenters. The highest BCUT2D eigenvalue weighted by Crippen LogP contribution is 2.50. The maximum atomic E-state index is 13.6. The van der Waals surface area contributed by atoms with Crippen molar-refractivity contribution in [3.8, 4) is 0 Å². The number of hydrogen-bond donors (Lipinski definition) is 3. The molecule has 1 fully saturated rings. The highest BCUT2D eigenvalue weighted by Gasteiger charge is 2.41. The van der Waals surface area contributed by atoms with Crippen LogP contribution in [-0.4, -0.2) is 48.6 Å². The summed E-state index contributed by atoms with van der Waals surface area (Å²) in [6.45, 7) is 6.25. The second-order valence-electron chi connectivity index (χ2n) is 7.36. The predicted octanol–water partition coefficient (Wildman–Crippen LogP) is 3.44. The maximum absolute atomic E-state index is 13.6. The van der Waals surface area contributed by atoms with Crippen molar-refractivity contribution in [3.63, 3.8) is 0 Å². The lowest BCUT2D eigenvalue weighted by Crippen LogP contribution is -2.45.